The molecule has 1 saturated heterocycles. The molecule has 0 bridgehead atoms. The van der Waals surface area contributed by atoms with Crippen molar-refractivity contribution in [2.24, 2.45) is 0 Å². The Balaban J connectivity index is 1.78. The van der Waals surface area contributed by atoms with Gasteiger partial charge in [0.15, 0.2) is 0 Å². The van der Waals surface area contributed by atoms with Gasteiger partial charge in [0.1, 0.15) is 0 Å². The van der Waals surface area contributed by atoms with Gasteiger partial charge >= 0.3 is 0 Å². The maximum atomic E-state index is 12.7. The predicted octanol–water partition coefficient (Wildman–Crippen LogP) is 2.66. The number of ether oxygens (including phenoxy) is 1. The van der Waals surface area contributed by atoms with Crippen molar-refractivity contribution in [1.29, 1.82) is 0 Å². The first kappa shape index (κ1) is 19.0. The second-order valence-corrected chi connectivity index (χ2v) is 8.51. The van der Waals surface area contributed by atoms with E-state index in [2.05, 4.69) is 33.9 Å². The fourth-order valence-electron chi connectivity index (χ4n) is 3.12. The van der Waals surface area contributed by atoms with Gasteiger partial charge in [0.2, 0.25) is 10.0 Å². The van der Waals surface area contributed by atoms with Crippen molar-refractivity contribution in [3.05, 3.63) is 65.2 Å². The van der Waals surface area contributed by atoms with E-state index in [0.717, 1.165) is 24.2 Å². The normalized spacial score (nSPS) is 17.2. The van der Waals surface area contributed by atoms with Crippen molar-refractivity contribution < 1.29 is 13.2 Å². The second kappa shape index (κ2) is 8.31. The third-order valence-electron chi connectivity index (χ3n) is 4.75. The first-order valence-electron chi connectivity index (χ1n) is 8.90. The topological polar surface area (TPSA) is 58.6 Å². The number of nitrogens with one attached hydrogen (secondary N) is 1. The van der Waals surface area contributed by atoms with Gasteiger partial charge in [-0.05, 0) is 31.5 Å². The van der Waals surface area contributed by atoms with Gasteiger partial charge in [0.05, 0.1) is 18.1 Å². The van der Waals surface area contributed by atoms with E-state index >= 15 is 0 Å². The maximum Gasteiger partial charge on any atom is 0.240 e. The molecule has 1 N–H and O–H groups in total. The number of nitrogens with zero attached hydrogens (tertiary/aromatic N) is 1. The molecule has 2 aromatic carbocycles. The fourth-order valence-corrected chi connectivity index (χ4v) is 4.16. The summed E-state index contributed by atoms with van der Waals surface area (Å²) >= 11 is 0. The number of benzene rings is 2. The van der Waals surface area contributed by atoms with Gasteiger partial charge in [0, 0.05) is 25.7 Å². The van der Waals surface area contributed by atoms with E-state index in [-0.39, 0.29) is 6.04 Å². The Morgan fingerprint density at radius 3 is 2.08 bits per heavy atom. The lowest BCUT2D eigenvalue weighted by atomic mass is 10.0. The smallest absolute Gasteiger partial charge is 0.240 e. The Hall–Kier alpha value is -1.73. The number of aryl methyl sites for hydroxylation is 2. The SMILES string of the molecule is Cc1ccc(C(CNS(=O)(=O)c2ccc(C)cc2)N2CCOCC2)cc1. The molecule has 0 amide bonds. The van der Waals surface area contributed by atoms with Crippen molar-refractivity contribution in [2.45, 2.75) is 24.8 Å². The molecule has 6 heteroatoms. The van der Waals surface area contributed by atoms with Crippen LogP contribution in [-0.4, -0.2) is 46.2 Å². The molecule has 0 aliphatic carbocycles. The van der Waals surface area contributed by atoms with Gasteiger partial charge in [-0.2, -0.15) is 0 Å². The molecule has 1 unspecified atom stereocenters. The Kier molecular flexibility index (Phi) is 6.09. The van der Waals surface area contributed by atoms with Crippen LogP contribution in [0.25, 0.3) is 0 Å². The van der Waals surface area contributed by atoms with Crippen LogP contribution in [0.1, 0.15) is 22.7 Å². The van der Waals surface area contributed by atoms with E-state index in [1.807, 2.05) is 26.0 Å². The van der Waals surface area contributed by atoms with E-state index in [9.17, 15) is 8.42 Å². The second-order valence-electron chi connectivity index (χ2n) is 6.74. The first-order chi connectivity index (χ1) is 12.5. The highest BCUT2D eigenvalue weighted by Crippen LogP contribution is 2.22. The van der Waals surface area contributed by atoms with Crippen LogP contribution in [0.5, 0.6) is 0 Å². The molecule has 1 atom stereocenters. The van der Waals surface area contributed by atoms with Crippen LogP contribution in [0.3, 0.4) is 0 Å². The van der Waals surface area contributed by atoms with E-state index in [0.29, 0.717) is 24.7 Å². The molecule has 0 aromatic heterocycles. The molecule has 26 heavy (non-hydrogen) atoms. The van der Waals surface area contributed by atoms with Crippen LogP contribution >= 0.6 is 0 Å². The van der Waals surface area contributed by atoms with Crippen LogP contribution in [0.2, 0.25) is 0 Å². The third-order valence-corrected chi connectivity index (χ3v) is 6.19. The largest absolute Gasteiger partial charge is 0.379 e. The molecule has 2 aromatic rings. The fraction of sp³-hybridized carbons (Fsp3) is 0.400. The number of hydrogen-bond donors (Lipinski definition) is 1. The summed E-state index contributed by atoms with van der Waals surface area (Å²) in [6, 6.07) is 15.2. The first-order valence-corrected chi connectivity index (χ1v) is 10.4. The summed E-state index contributed by atoms with van der Waals surface area (Å²) in [4.78, 5) is 2.58. The highest BCUT2D eigenvalue weighted by atomic mass is 32.2. The molecule has 0 spiro atoms. The van der Waals surface area contributed by atoms with Crippen LogP contribution in [0.15, 0.2) is 53.4 Å². The molecule has 1 heterocycles. The van der Waals surface area contributed by atoms with Crippen LogP contribution in [0.4, 0.5) is 0 Å². The third kappa shape index (κ3) is 4.71. The minimum Gasteiger partial charge on any atom is -0.379 e. The summed E-state index contributed by atoms with van der Waals surface area (Å²) in [5.41, 5.74) is 3.34. The molecule has 3 rings (SSSR count). The zero-order chi connectivity index (χ0) is 18.6. The Bertz CT molecular complexity index is 811. The number of hydrogen-bond acceptors (Lipinski definition) is 4. The van der Waals surface area contributed by atoms with Crippen LogP contribution in [-0.2, 0) is 14.8 Å². The highest BCUT2D eigenvalue weighted by molar-refractivity contribution is 7.89. The van der Waals surface area contributed by atoms with Gasteiger partial charge in [0.25, 0.3) is 0 Å². The van der Waals surface area contributed by atoms with Gasteiger partial charge < -0.3 is 4.74 Å². The van der Waals surface area contributed by atoms with Crippen molar-refractivity contribution >= 4 is 10.0 Å². The van der Waals surface area contributed by atoms with E-state index in [1.165, 1.54) is 5.56 Å². The Morgan fingerprint density at radius 1 is 0.962 bits per heavy atom. The van der Waals surface area contributed by atoms with Crippen molar-refractivity contribution in [1.82, 2.24) is 9.62 Å². The number of morpholine rings is 1. The average Bonchev–Trinajstić information content (AvgIpc) is 2.64. The van der Waals surface area contributed by atoms with Crippen molar-refractivity contribution in [3.8, 4) is 0 Å². The van der Waals surface area contributed by atoms with Gasteiger partial charge in [-0.1, -0.05) is 47.5 Å². The summed E-state index contributed by atoms with van der Waals surface area (Å²) in [6.07, 6.45) is 0. The van der Waals surface area contributed by atoms with Crippen molar-refractivity contribution in [3.63, 3.8) is 0 Å². The van der Waals surface area contributed by atoms with Gasteiger partial charge in [-0.3, -0.25) is 4.90 Å². The molecule has 1 aliphatic heterocycles. The van der Waals surface area contributed by atoms with Crippen molar-refractivity contribution in [2.75, 3.05) is 32.8 Å². The lowest BCUT2D eigenvalue weighted by molar-refractivity contribution is 0.0172. The Morgan fingerprint density at radius 2 is 1.50 bits per heavy atom. The molecular weight excluding hydrogens is 348 g/mol. The monoisotopic (exact) mass is 374 g/mol. The van der Waals surface area contributed by atoms with E-state index in [1.54, 1.807) is 12.1 Å². The zero-order valence-electron chi connectivity index (χ0n) is 15.3. The molecule has 0 saturated carbocycles. The highest BCUT2D eigenvalue weighted by Gasteiger charge is 2.25. The summed E-state index contributed by atoms with van der Waals surface area (Å²) in [6.45, 7) is 7.26. The van der Waals surface area contributed by atoms with Gasteiger partial charge in [-0.25, -0.2) is 13.1 Å². The number of sulfonamides is 1. The molecular formula is C20H26N2O3S. The standard InChI is InChI=1S/C20H26N2O3S/c1-16-3-7-18(8-4-16)20(22-11-13-25-14-12-22)15-21-26(23,24)19-9-5-17(2)6-10-19/h3-10,20-21H,11-15H2,1-2H3. The minimum absolute atomic E-state index is 0.0141. The quantitative estimate of drug-likeness (QED) is 0.845. The molecule has 5 nitrogen and oxygen atoms in total. The molecule has 140 valence electrons. The Labute approximate surface area is 156 Å². The molecule has 1 aliphatic rings. The summed E-state index contributed by atoms with van der Waals surface area (Å²) in [5.74, 6) is 0. The van der Waals surface area contributed by atoms with Crippen LogP contribution < -0.4 is 4.72 Å². The maximum absolute atomic E-state index is 12.7. The summed E-state index contributed by atoms with van der Waals surface area (Å²) in [7, 11) is -3.53. The van der Waals surface area contributed by atoms with E-state index < -0.39 is 10.0 Å². The van der Waals surface area contributed by atoms with Gasteiger partial charge in [-0.15, -0.1) is 0 Å². The average molecular weight is 375 g/mol. The summed E-state index contributed by atoms with van der Waals surface area (Å²) in [5, 5.41) is 0. The predicted molar refractivity (Wildman–Crippen MR) is 103 cm³/mol. The lowest BCUT2D eigenvalue weighted by Gasteiger charge is -2.35. The van der Waals surface area contributed by atoms with E-state index in [4.69, 9.17) is 4.74 Å². The summed E-state index contributed by atoms with van der Waals surface area (Å²) < 4.78 is 33.6. The number of rotatable bonds is 6. The molecule has 0 radical (unpaired) electrons. The molecule has 1 fully saturated rings. The minimum atomic E-state index is -3.53. The lowest BCUT2D eigenvalue weighted by Crippen LogP contribution is -2.43. The zero-order valence-corrected chi connectivity index (χ0v) is 16.1. The van der Waals surface area contributed by atoms with Crippen LogP contribution in [0, 0.1) is 13.8 Å².